The lowest BCUT2D eigenvalue weighted by atomic mass is 10.1. The highest BCUT2D eigenvalue weighted by Crippen LogP contribution is 2.14. The van der Waals surface area contributed by atoms with Gasteiger partial charge in [0.25, 0.3) is 0 Å². The predicted octanol–water partition coefficient (Wildman–Crippen LogP) is 2.55. The number of hydrogen-bond donors (Lipinski definition) is 1. The minimum Gasteiger partial charge on any atom is -0.598 e. The third kappa shape index (κ3) is 4.24. The fourth-order valence-corrected chi connectivity index (χ4v) is 1.92. The maximum atomic E-state index is 11.7. The van der Waals surface area contributed by atoms with Crippen molar-refractivity contribution in [3.8, 4) is 0 Å². The molecule has 15 heavy (non-hydrogen) atoms. The van der Waals surface area contributed by atoms with E-state index >= 15 is 0 Å². The fourth-order valence-electron chi connectivity index (χ4n) is 1.19. The highest BCUT2D eigenvalue weighted by Gasteiger charge is 2.25. The molecule has 0 spiro atoms. The Balaban J connectivity index is 2.51. The third-order valence-electron chi connectivity index (χ3n) is 2.05. The molecule has 1 N–H and O–H groups in total. The van der Waals surface area contributed by atoms with Crippen molar-refractivity contribution < 1.29 is 4.55 Å². The Bertz CT molecular complexity index is 320. The lowest BCUT2D eigenvalue weighted by Gasteiger charge is -2.23. The molecule has 1 unspecified atom stereocenters. The second-order valence-corrected chi connectivity index (χ2v) is 6.74. The van der Waals surface area contributed by atoms with E-state index in [0.29, 0.717) is 6.54 Å². The van der Waals surface area contributed by atoms with Crippen LogP contribution in [0.15, 0.2) is 24.3 Å². The van der Waals surface area contributed by atoms with Gasteiger partial charge in [0.1, 0.15) is 4.75 Å². The summed E-state index contributed by atoms with van der Waals surface area (Å²) in [6.07, 6.45) is 0. The van der Waals surface area contributed by atoms with Gasteiger partial charge >= 0.3 is 0 Å². The van der Waals surface area contributed by atoms with E-state index in [0.717, 1.165) is 0 Å². The number of benzene rings is 1. The molecule has 1 atom stereocenters. The van der Waals surface area contributed by atoms with Crippen molar-refractivity contribution in [3.05, 3.63) is 35.4 Å². The van der Waals surface area contributed by atoms with Crippen molar-refractivity contribution in [2.45, 2.75) is 39.0 Å². The molecule has 0 radical (unpaired) electrons. The van der Waals surface area contributed by atoms with Crippen LogP contribution in [-0.4, -0.2) is 9.30 Å². The molecule has 0 heterocycles. The summed E-state index contributed by atoms with van der Waals surface area (Å²) in [6, 6.07) is 8.23. The molecule has 0 saturated heterocycles. The van der Waals surface area contributed by atoms with Crippen LogP contribution in [0.2, 0.25) is 0 Å². The van der Waals surface area contributed by atoms with Crippen molar-refractivity contribution in [3.63, 3.8) is 0 Å². The smallest absolute Gasteiger partial charge is 0.136 e. The Morgan fingerprint density at radius 3 is 2.53 bits per heavy atom. The Morgan fingerprint density at radius 2 is 2.00 bits per heavy atom. The Kier molecular flexibility index (Phi) is 4.20. The summed E-state index contributed by atoms with van der Waals surface area (Å²) in [6.45, 7) is 8.61. The van der Waals surface area contributed by atoms with E-state index in [9.17, 15) is 4.55 Å². The highest BCUT2D eigenvalue weighted by atomic mass is 32.2. The van der Waals surface area contributed by atoms with Gasteiger partial charge < -0.3 is 4.55 Å². The second-order valence-electron chi connectivity index (χ2n) is 4.69. The van der Waals surface area contributed by atoms with Gasteiger partial charge in [-0.25, -0.2) is 0 Å². The van der Waals surface area contributed by atoms with E-state index in [1.54, 1.807) is 0 Å². The molecule has 0 amide bonds. The Labute approximate surface area is 95.4 Å². The van der Waals surface area contributed by atoms with Gasteiger partial charge in [-0.3, -0.25) is 0 Å². The van der Waals surface area contributed by atoms with Gasteiger partial charge in [-0.05, 0) is 33.3 Å². The van der Waals surface area contributed by atoms with Gasteiger partial charge in [0, 0.05) is 11.4 Å². The van der Waals surface area contributed by atoms with Crippen LogP contribution < -0.4 is 4.72 Å². The molecule has 0 aliphatic rings. The predicted molar refractivity (Wildman–Crippen MR) is 65.9 cm³/mol. The lowest BCUT2D eigenvalue weighted by Crippen LogP contribution is -2.38. The maximum absolute atomic E-state index is 11.7. The first-order valence-electron chi connectivity index (χ1n) is 5.10. The normalized spacial score (nSPS) is 13.9. The zero-order valence-corrected chi connectivity index (χ0v) is 10.6. The van der Waals surface area contributed by atoms with Crippen LogP contribution in [0.4, 0.5) is 0 Å². The number of rotatable bonds is 3. The summed E-state index contributed by atoms with van der Waals surface area (Å²) in [5.74, 6) is 0. The van der Waals surface area contributed by atoms with Crippen molar-refractivity contribution in [2.24, 2.45) is 0 Å². The van der Waals surface area contributed by atoms with Gasteiger partial charge in [0.05, 0.1) is 6.54 Å². The first-order chi connectivity index (χ1) is 6.89. The topological polar surface area (TPSA) is 35.1 Å². The molecular formula is C12H19NOS. The minimum atomic E-state index is -0.994. The zero-order valence-electron chi connectivity index (χ0n) is 9.83. The van der Waals surface area contributed by atoms with Crippen LogP contribution >= 0.6 is 0 Å². The maximum Gasteiger partial charge on any atom is 0.136 e. The van der Waals surface area contributed by atoms with E-state index in [1.807, 2.05) is 32.9 Å². The van der Waals surface area contributed by atoms with Crippen LogP contribution in [0.5, 0.6) is 0 Å². The van der Waals surface area contributed by atoms with Gasteiger partial charge in [-0.1, -0.05) is 29.8 Å². The molecule has 0 aliphatic carbocycles. The second kappa shape index (κ2) is 5.01. The first kappa shape index (κ1) is 12.6. The molecule has 0 aromatic heterocycles. The average Bonchev–Trinajstić information content (AvgIpc) is 2.12. The summed E-state index contributed by atoms with van der Waals surface area (Å²) in [7, 11) is 0. The Hall–Kier alpha value is -0.510. The molecule has 1 rings (SSSR count). The molecular weight excluding hydrogens is 206 g/mol. The van der Waals surface area contributed by atoms with E-state index < -0.39 is 11.4 Å². The van der Waals surface area contributed by atoms with Gasteiger partial charge in [0.15, 0.2) is 0 Å². The SMILES string of the molecule is Cc1cccc(CN[S+]([O-])C(C)(C)C)c1. The summed E-state index contributed by atoms with van der Waals surface area (Å²) < 4.78 is 14.6. The van der Waals surface area contributed by atoms with Crippen LogP contribution in [-0.2, 0) is 17.9 Å². The molecule has 2 nitrogen and oxygen atoms in total. The van der Waals surface area contributed by atoms with Gasteiger partial charge in [-0.15, -0.1) is 4.72 Å². The summed E-state index contributed by atoms with van der Waals surface area (Å²) >= 11 is -0.994. The third-order valence-corrected chi connectivity index (χ3v) is 3.56. The minimum absolute atomic E-state index is 0.205. The largest absolute Gasteiger partial charge is 0.598 e. The number of nitrogens with one attached hydrogen (secondary N) is 1. The van der Waals surface area contributed by atoms with Crippen LogP contribution in [0.25, 0.3) is 0 Å². The van der Waals surface area contributed by atoms with Crippen LogP contribution in [0.1, 0.15) is 31.9 Å². The number of hydrogen-bond acceptors (Lipinski definition) is 2. The molecule has 3 heteroatoms. The first-order valence-corrected chi connectivity index (χ1v) is 6.25. The van der Waals surface area contributed by atoms with E-state index in [-0.39, 0.29) is 4.75 Å². The molecule has 1 aromatic rings. The number of aryl methyl sites for hydroxylation is 1. The van der Waals surface area contributed by atoms with Gasteiger partial charge in [0.2, 0.25) is 0 Å². The summed E-state index contributed by atoms with van der Waals surface area (Å²) in [4.78, 5) is 0. The molecule has 0 fully saturated rings. The van der Waals surface area contributed by atoms with Crippen LogP contribution in [0, 0.1) is 6.92 Å². The van der Waals surface area contributed by atoms with Crippen molar-refractivity contribution in [1.29, 1.82) is 0 Å². The Morgan fingerprint density at radius 1 is 1.33 bits per heavy atom. The molecule has 1 aromatic carbocycles. The highest BCUT2D eigenvalue weighted by molar-refractivity contribution is 7.90. The van der Waals surface area contributed by atoms with Crippen molar-refractivity contribution in [2.75, 3.05) is 0 Å². The van der Waals surface area contributed by atoms with E-state index in [2.05, 4.69) is 23.8 Å². The quantitative estimate of drug-likeness (QED) is 0.802. The molecule has 84 valence electrons. The molecule has 0 saturated carbocycles. The standard InChI is InChI=1S/C12H19NOS/c1-10-6-5-7-11(8-10)9-13-15(14)12(2,3)4/h5-8,13H,9H2,1-4H3. The van der Waals surface area contributed by atoms with Crippen LogP contribution in [0.3, 0.4) is 0 Å². The van der Waals surface area contributed by atoms with Gasteiger partial charge in [-0.2, -0.15) is 0 Å². The lowest BCUT2D eigenvalue weighted by molar-refractivity contribution is 0.544. The van der Waals surface area contributed by atoms with E-state index in [4.69, 9.17) is 0 Å². The average molecular weight is 225 g/mol. The monoisotopic (exact) mass is 225 g/mol. The fraction of sp³-hybridized carbons (Fsp3) is 0.500. The summed E-state index contributed by atoms with van der Waals surface area (Å²) in [5.41, 5.74) is 2.41. The van der Waals surface area contributed by atoms with Crippen molar-refractivity contribution >= 4 is 11.4 Å². The zero-order chi connectivity index (χ0) is 11.5. The van der Waals surface area contributed by atoms with Crippen molar-refractivity contribution in [1.82, 2.24) is 4.72 Å². The summed E-state index contributed by atoms with van der Waals surface area (Å²) in [5, 5.41) is 0. The van der Waals surface area contributed by atoms with E-state index in [1.165, 1.54) is 11.1 Å². The molecule has 0 aliphatic heterocycles. The molecule has 0 bridgehead atoms.